The Morgan fingerprint density at radius 1 is 1.53 bits per heavy atom. The molecule has 0 aliphatic heterocycles. The van der Waals surface area contributed by atoms with Crippen LogP contribution in [0.15, 0.2) is 16.9 Å². The Morgan fingerprint density at radius 2 is 2.37 bits per heavy atom. The first-order valence-electron chi connectivity index (χ1n) is 6.20. The Bertz CT molecular complexity index is 604. The maximum atomic E-state index is 11.2. The Balaban J connectivity index is 1.87. The highest BCUT2D eigenvalue weighted by atomic mass is 16.5. The molecular formula is C12H14N4O3. The first-order valence-corrected chi connectivity index (χ1v) is 6.20. The Morgan fingerprint density at radius 3 is 3.05 bits per heavy atom. The van der Waals surface area contributed by atoms with E-state index >= 15 is 0 Å². The topological polar surface area (TPSA) is 94.0 Å². The summed E-state index contributed by atoms with van der Waals surface area (Å²) in [6.45, 7) is 0. The summed E-state index contributed by atoms with van der Waals surface area (Å²) < 4.78 is 6.88. The molecule has 1 aliphatic rings. The number of aromatic nitrogens is 4. The van der Waals surface area contributed by atoms with Crippen LogP contribution < -0.4 is 0 Å². The zero-order valence-electron chi connectivity index (χ0n) is 10.5. The van der Waals surface area contributed by atoms with Gasteiger partial charge in [0.1, 0.15) is 0 Å². The third-order valence-electron chi connectivity index (χ3n) is 3.56. The highest BCUT2D eigenvalue weighted by molar-refractivity contribution is 5.71. The van der Waals surface area contributed by atoms with E-state index in [-0.39, 0.29) is 5.92 Å². The number of aliphatic carboxylic acids is 1. The molecule has 1 fully saturated rings. The van der Waals surface area contributed by atoms with Crippen LogP contribution in [-0.4, -0.2) is 31.0 Å². The molecule has 3 rings (SSSR count). The van der Waals surface area contributed by atoms with E-state index in [1.807, 2.05) is 7.05 Å². The second-order valence-corrected chi connectivity index (χ2v) is 4.84. The molecule has 100 valence electrons. The lowest BCUT2D eigenvalue weighted by molar-refractivity contribution is -0.142. The van der Waals surface area contributed by atoms with Gasteiger partial charge in [-0.25, -0.2) is 0 Å². The fraction of sp³-hybridized carbons (Fsp3) is 0.500. The van der Waals surface area contributed by atoms with E-state index in [2.05, 4.69) is 15.2 Å². The molecule has 2 unspecified atom stereocenters. The number of aryl methyl sites for hydroxylation is 1. The quantitative estimate of drug-likeness (QED) is 0.899. The molecule has 0 spiro atoms. The number of carbonyl (C=O) groups is 1. The van der Waals surface area contributed by atoms with Crippen molar-refractivity contribution in [3.05, 3.63) is 18.3 Å². The molecule has 1 N–H and O–H groups in total. The van der Waals surface area contributed by atoms with Gasteiger partial charge in [-0.05, 0) is 12.8 Å². The molecule has 7 heteroatoms. The lowest BCUT2D eigenvalue weighted by Crippen LogP contribution is -2.17. The van der Waals surface area contributed by atoms with E-state index in [9.17, 15) is 4.79 Å². The highest BCUT2D eigenvalue weighted by Crippen LogP contribution is 2.39. The first kappa shape index (κ1) is 11.9. The summed E-state index contributed by atoms with van der Waals surface area (Å²) in [6.07, 6.45) is 5.78. The number of rotatable bonds is 3. The van der Waals surface area contributed by atoms with E-state index in [0.717, 1.165) is 18.4 Å². The Kier molecular flexibility index (Phi) is 2.81. The third-order valence-corrected chi connectivity index (χ3v) is 3.56. The zero-order chi connectivity index (χ0) is 13.4. The van der Waals surface area contributed by atoms with Crippen molar-refractivity contribution in [1.29, 1.82) is 0 Å². The molecule has 2 atom stereocenters. The van der Waals surface area contributed by atoms with Crippen LogP contribution in [-0.2, 0) is 11.8 Å². The highest BCUT2D eigenvalue weighted by Gasteiger charge is 2.37. The van der Waals surface area contributed by atoms with Gasteiger partial charge in [0.15, 0.2) is 0 Å². The number of nitrogens with zero attached hydrogens (tertiary/aromatic N) is 4. The second-order valence-electron chi connectivity index (χ2n) is 4.84. The van der Waals surface area contributed by atoms with Crippen molar-refractivity contribution in [2.75, 3.05) is 0 Å². The lowest BCUT2D eigenvalue weighted by atomic mass is 9.96. The van der Waals surface area contributed by atoms with Crippen molar-refractivity contribution in [1.82, 2.24) is 19.9 Å². The van der Waals surface area contributed by atoms with Gasteiger partial charge >= 0.3 is 5.97 Å². The first-order chi connectivity index (χ1) is 9.15. The van der Waals surface area contributed by atoms with Crippen LogP contribution in [0.25, 0.3) is 11.4 Å². The average Bonchev–Trinajstić information content (AvgIpc) is 3.07. The van der Waals surface area contributed by atoms with Crippen molar-refractivity contribution in [3.8, 4) is 11.4 Å². The minimum absolute atomic E-state index is 0.171. The molecule has 2 aromatic heterocycles. The molecule has 0 bridgehead atoms. The molecule has 1 saturated carbocycles. The fourth-order valence-electron chi connectivity index (χ4n) is 2.59. The monoisotopic (exact) mass is 262 g/mol. The van der Waals surface area contributed by atoms with Crippen molar-refractivity contribution < 1.29 is 14.4 Å². The van der Waals surface area contributed by atoms with Crippen LogP contribution >= 0.6 is 0 Å². The molecule has 2 heterocycles. The van der Waals surface area contributed by atoms with Crippen molar-refractivity contribution in [2.45, 2.75) is 25.2 Å². The average molecular weight is 262 g/mol. The minimum Gasteiger partial charge on any atom is -0.481 e. The molecule has 0 radical (unpaired) electrons. The normalized spacial score (nSPS) is 22.8. The van der Waals surface area contributed by atoms with E-state index in [1.165, 1.54) is 0 Å². The summed E-state index contributed by atoms with van der Waals surface area (Å²) in [4.78, 5) is 15.5. The Hall–Kier alpha value is -2.18. The minimum atomic E-state index is -0.788. The standard InChI is InChI=1S/C12H14N4O3/c1-16-6-7(5-13-16)10-14-11(19-15-10)8-3-2-4-9(8)12(17)18/h5-6,8-9H,2-4H2,1H3,(H,17,18). The van der Waals surface area contributed by atoms with Gasteiger partial charge in [0.25, 0.3) is 0 Å². The number of hydrogen-bond donors (Lipinski definition) is 1. The van der Waals surface area contributed by atoms with Gasteiger partial charge in [0, 0.05) is 13.2 Å². The summed E-state index contributed by atoms with van der Waals surface area (Å²) in [7, 11) is 1.81. The number of carboxylic acid groups (broad SMARTS) is 1. The zero-order valence-corrected chi connectivity index (χ0v) is 10.5. The van der Waals surface area contributed by atoms with E-state index in [1.54, 1.807) is 17.1 Å². The van der Waals surface area contributed by atoms with Gasteiger partial charge in [0.05, 0.1) is 23.6 Å². The second kappa shape index (κ2) is 4.49. The van der Waals surface area contributed by atoms with Crippen LogP contribution in [0.3, 0.4) is 0 Å². The Labute approximate surface area is 109 Å². The summed E-state index contributed by atoms with van der Waals surface area (Å²) >= 11 is 0. The van der Waals surface area contributed by atoms with Gasteiger partial charge in [-0.1, -0.05) is 11.6 Å². The van der Waals surface area contributed by atoms with E-state index < -0.39 is 11.9 Å². The number of carboxylic acids is 1. The van der Waals surface area contributed by atoms with Gasteiger partial charge in [-0.3, -0.25) is 9.48 Å². The summed E-state index contributed by atoms with van der Waals surface area (Å²) in [5.74, 6) is -0.496. The van der Waals surface area contributed by atoms with Gasteiger partial charge in [-0.15, -0.1) is 0 Å². The van der Waals surface area contributed by atoms with Crippen LogP contribution in [0.1, 0.15) is 31.1 Å². The van der Waals surface area contributed by atoms with E-state index in [4.69, 9.17) is 9.63 Å². The maximum Gasteiger partial charge on any atom is 0.307 e. The van der Waals surface area contributed by atoms with Crippen LogP contribution in [0, 0.1) is 5.92 Å². The molecule has 1 aliphatic carbocycles. The molecule has 2 aromatic rings. The smallest absolute Gasteiger partial charge is 0.307 e. The largest absolute Gasteiger partial charge is 0.481 e. The van der Waals surface area contributed by atoms with Crippen LogP contribution in [0.4, 0.5) is 0 Å². The third kappa shape index (κ3) is 2.11. The van der Waals surface area contributed by atoms with Gasteiger partial charge < -0.3 is 9.63 Å². The van der Waals surface area contributed by atoms with Crippen molar-refractivity contribution >= 4 is 5.97 Å². The SMILES string of the molecule is Cn1cc(-c2noc(C3CCCC3C(=O)O)n2)cn1. The van der Waals surface area contributed by atoms with Crippen LogP contribution in [0.2, 0.25) is 0 Å². The van der Waals surface area contributed by atoms with Gasteiger partial charge in [0.2, 0.25) is 11.7 Å². The lowest BCUT2D eigenvalue weighted by Gasteiger charge is -2.09. The molecule has 19 heavy (non-hydrogen) atoms. The molecular weight excluding hydrogens is 248 g/mol. The molecule has 7 nitrogen and oxygen atoms in total. The van der Waals surface area contributed by atoms with Crippen molar-refractivity contribution in [2.24, 2.45) is 13.0 Å². The molecule has 0 aromatic carbocycles. The van der Waals surface area contributed by atoms with Crippen molar-refractivity contribution in [3.63, 3.8) is 0 Å². The summed E-state index contributed by atoms with van der Waals surface area (Å²) in [5.41, 5.74) is 0.766. The number of hydrogen-bond acceptors (Lipinski definition) is 5. The van der Waals surface area contributed by atoms with Crippen LogP contribution in [0.5, 0.6) is 0 Å². The maximum absolute atomic E-state index is 11.2. The van der Waals surface area contributed by atoms with Gasteiger partial charge in [-0.2, -0.15) is 10.1 Å². The molecule has 0 amide bonds. The predicted molar refractivity (Wildman–Crippen MR) is 64.2 cm³/mol. The fourth-order valence-corrected chi connectivity index (χ4v) is 2.59. The molecule has 0 saturated heterocycles. The summed E-state index contributed by atoms with van der Waals surface area (Å²) in [5, 5.41) is 17.1. The predicted octanol–water partition coefficient (Wildman–Crippen LogP) is 1.44. The summed E-state index contributed by atoms with van der Waals surface area (Å²) in [6, 6.07) is 0. The van der Waals surface area contributed by atoms with E-state index in [0.29, 0.717) is 18.1 Å².